The van der Waals surface area contributed by atoms with E-state index < -0.39 is 0 Å². The Hall–Kier alpha value is -1.59. The third-order valence-electron chi connectivity index (χ3n) is 3.64. The highest BCUT2D eigenvalue weighted by molar-refractivity contribution is 9.10. The number of thioether (sulfide) groups is 1. The maximum atomic E-state index is 13.6. The summed E-state index contributed by atoms with van der Waals surface area (Å²) in [6.07, 6.45) is 3.00. The Bertz CT molecular complexity index is 732. The van der Waals surface area contributed by atoms with Crippen LogP contribution in [0.2, 0.25) is 0 Å². The smallest absolute Gasteiger partial charge is 0.247 e. The van der Waals surface area contributed by atoms with Crippen LogP contribution in [0.4, 0.5) is 4.39 Å². The second-order valence-corrected chi connectivity index (χ2v) is 7.26. The number of carbonyl (C=O) groups excluding carboxylic acids is 1. The van der Waals surface area contributed by atoms with Crippen molar-refractivity contribution in [2.24, 2.45) is 0 Å². The van der Waals surface area contributed by atoms with Crippen LogP contribution >= 0.6 is 27.7 Å². The summed E-state index contributed by atoms with van der Waals surface area (Å²) in [6.45, 7) is 0.700. The number of carbonyl (C=O) groups is 1. The molecule has 118 valence electrons. The number of nitrogens with zero attached hydrogens (tertiary/aromatic N) is 1. The Labute approximate surface area is 147 Å². The molecule has 3 rings (SSSR count). The molecule has 0 aliphatic carbocycles. The first kappa shape index (κ1) is 16.3. The molecule has 0 saturated carbocycles. The van der Waals surface area contributed by atoms with Gasteiger partial charge in [-0.2, -0.15) is 0 Å². The van der Waals surface area contributed by atoms with Gasteiger partial charge >= 0.3 is 0 Å². The van der Waals surface area contributed by atoms with Crippen molar-refractivity contribution < 1.29 is 9.18 Å². The lowest BCUT2D eigenvalue weighted by Crippen LogP contribution is -2.28. The normalized spacial score (nSPS) is 17.8. The zero-order chi connectivity index (χ0) is 16.2. The van der Waals surface area contributed by atoms with Gasteiger partial charge in [-0.05, 0) is 29.8 Å². The first-order valence-corrected chi connectivity index (χ1v) is 9.09. The van der Waals surface area contributed by atoms with E-state index in [2.05, 4.69) is 15.9 Å². The van der Waals surface area contributed by atoms with Crippen molar-refractivity contribution in [2.75, 3.05) is 12.3 Å². The summed E-state index contributed by atoms with van der Waals surface area (Å²) in [5, 5.41) is 0.0147. The van der Waals surface area contributed by atoms with Crippen LogP contribution in [0.25, 0.3) is 6.08 Å². The number of halogens is 2. The lowest BCUT2D eigenvalue weighted by Gasteiger charge is -2.22. The lowest BCUT2D eigenvalue weighted by molar-refractivity contribution is -0.126. The Kier molecular flexibility index (Phi) is 5.18. The van der Waals surface area contributed by atoms with Gasteiger partial charge in [-0.1, -0.05) is 46.3 Å². The van der Waals surface area contributed by atoms with Crippen LogP contribution in [-0.2, 0) is 4.79 Å². The zero-order valence-corrected chi connectivity index (χ0v) is 14.7. The van der Waals surface area contributed by atoms with Gasteiger partial charge in [-0.15, -0.1) is 11.8 Å². The molecule has 1 unspecified atom stereocenters. The molecule has 2 nitrogen and oxygen atoms in total. The van der Waals surface area contributed by atoms with Gasteiger partial charge in [-0.25, -0.2) is 4.39 Å². The van der Waals surface area contributed by atoms with Gasteiger partial charge in [0.2, 0.25) is 5.91 Å². The van der Waals surface area contributed by atoms with Gasteiger partial charge in [0, 0.05) is 28.4 Å². The lowest BCUT2D eigenvalue weighted by atomic mass is 10.2. The van der Waals surface area contributed by atoms with Crippen molar-refractivity contribution >= 4 is 39.7 Å². The Morgan fingerprint density at radius 1 is 1.22 bits per heavy atom. The number of hydrogen-bond donors (Lipinski definition) is 0. The molecule has 0 spiro atoms. The second-order valence-electron chi connectivity index (χ2n) is 5.16. The van der Waals surface area contributed by atoms with E-state index in [4.69, 9.17) is 0 Å². The van der Waals surface area contributed by atoms with Gasteiger partial charge in [-0.3, -0.25) is 4.79 Å². The van der Waals surface area contributed by atoms with Crippen molar-refractivity contribution in [1.82, 2.24) is 4.90 Å². The van der Waals surface area contributed by atoms with Gasteiger partial charge in [0.15, 0.2) is 0 Å². The molecular weight excluding hydrogens is 377 g/mol. The van der Waals surface area contributed by atoms with Gasteiger partial charge in [0.05, 0.1) is 0 Å². The monoisotopic (exact) mass is 391 g/mol. The molecule has 1 aliphatic heterocycles. The fourth-order valence-corrected chi connectivity index (χ4v) is 3.99. The van der Waals surface area contributed by atoms with Crippen LogP contribution < -0.4 is 0 Å². The Morgan fingerprint density at radius 3 is 2.70 bits per heavy atom. The highest BCUT2D eigenvalue weighted by atomic mass is 79.9. The molecule has 2 aromatic carbocycles. The van der Waals surface area contributed by atoms with E-state index in [1.165, 1.54) is 12.1 Å². The van der Waals surface area contributed by atoms with Crippen LogP contribution in [0.15, 0.2) is 59.1 Å². The van der Waals surface area contributed by atoms with Crippen LogP contribution in [0.5, 0.6) is 0 Å². The zero-order valence-electron chi connectivity index (χ0n) is 12.3. The van der Waals surface area contributed by atoms with Gasteiger partial charge < -0.3 is 4.90 Å². The van der Waals surface area contributed by atoms with E-state index in [0.717, 1.165) is 15.8 Å². The molecule has 0 N–H and O–H groups in total. The minimum atomic E-state index is -0.322. The molecule has 1 heterocycles. The number of hydrogen-bond acceptors (Lipinski definition) is 2. The molecule has 1 amide bonds. The van der Waals surface area contributed by atoms with Crippen LogP contribution in [0.1, 0.15) is 16.5 Å². The highest BCUT2D eigenvalue weighted by Gasteiger charge is 2.29. The van der Waals surface area contributed by atoms with E-state index in [1.54, 1.807) is 36.0 Å². The third-order valence-corrected chi connectivity index (χ3v) is 5.43. The first-order valence-electron chi connectivity index (χ1n) is 7.25. The SMILES string of the molecule is O=C(/C=C/c1ccccc1F)N1CCSC1c1ccc(Br)cc1. The van der Waals surface area contributed by atoms with Crippen molar-refractivity contribution in [2.45, 2.75) is 5.37 Å². The average Bonchev–Trinajstić information content (AvgIpc) is 3.04. The predicted molar refractivity (Wildman–Crippen MR) is 96.5 cm³/mol. The third kappa shape index (κ3) is 3.85. The quantitative estimate of drug-likeness (QED) is 0.695. The van der Waals surface area contributed by atoms with Crippen molar-refractivity contribution in [1.29, 1.82) is 0 Å². The summed E-state index contributed by atoms with van der Waals surface area (Å²) in [5.41, 5.74) is 1.52. The predicted octanol–water partition coefficient (Wildman–Crippen LogP) is 4.88. The maximum absolute atomic E-state index is 13.6. The Balaban J connectivity index is 1.76. The summed E-state index contributed by atoms with van der Waals surface area (Å²) in [4.78, 5) is 14.3. The summed E-state index contributed by atoms with van der Waals surface area (Å²) >= 11 is 5.17. The van der Waals surface area contributed by atoms with Crippen LogP contribution in [0, 0.1) is 5.82 Å². The van der Waals surface area contributed by atoms with E-state index in [-0.39, 0.29) is 17.1 Å². The first-order chi connectivity index (χ1) is 11.1. The number of rotatable bonds is 3. The molecule has 23 heavy (non-hydrogen) atoms. The van der Waals surface area contributed by atoms with Crippen molar-refractivity contribution in [3.05, 3.63) is 76.0 Å². The van der Waals surface area contributed by atoms with E-state index >= 15 is 0 Å². The minimum absolute atomic E-state index is 0.0147. The van der Waals surface area contributed by atoms with Crippen LogP contribution in [-0.4, -0.2) is 23.1 Å². The molecule has 1 aliphatic rings. The second kappa shape index (κ2) is 7.32. The highest BCUT2D eigenvalue weighted by Crippen LogP contribution is 2.38. The molecule has 0 radical (unpaired) electrons. The van der Waals surface area contributed by atoms with Gasteiger partial charge in [0.1, 0.15) is 11.2 Å². The van der Waals surface area contributed by atoms with E-state index in [0.29, 0.717) is 12.1 Å². The summed E-state index contributed by atoms with van der Waals surface area (Å²) in [5.74, 6) is 0.489. The molecule has 2 aromatic rings. The Morgan fingerprint density at radius 2 is 1.96 bits per heavy atom. The fourth-order valence-electron chi connectivity index (χ4n) is 2.47. The average molecular weight is 392 g/mol. The minimum Gasteiger partial charge on any atom is -0.322 e. The standard InChI is InChI=1S/C18H15BrFNOS/c19-15-8-5-14(6-9-15)18-21(11-12-23-18)17(22)10-7-13-3-1-2-4-16(13)20/h1-10,18H,11-12H2/b10-7+. The molecule has 0 bridgehead atoms. The van der Waals surface area contributed by atoms with E-state index in [9.17, 15) is 9.18 Å². The number of benzene rings is 2. The summed E-state index contributed by atoms with van der Waals surface area (Å²) < 4.78 is 14.6. The molecule has 1 atom stereocenters. The fraction of sp³-hybridized carbons (Fsp3) is 0.167. The molecule has 1 saturated heterocycles. The van der Waals surface area contributed by atoms with Crippen LogP contribution in [0.3, 0.4) is 0 Å². The molecule has 0 aromatic heterocycles. The van der Waals surface area contributed by atoms with Crippen molar-refractivity contribution in [3.8, 4) is 0 Å². The summed E-state index contributed by atoms with van der Waals surface area (Å²) in [7, 11) is 0. The molecule has 1 fully saturated rings. The number of amides is 1. The van der Waals surface area contributed by atoms with Gasteiger partial charge in [0.25, 0.3) is 0 Å². The largest absolute Gasteiger partial charge is 0.322 e. The molecule has 5 heteroatoms. The maximum Gasteiger partial charge on any atom is 0.247 e. The van der Waals surface area contributed by atoms with Crippen molar-refractivity contribution in [3.63, 3.8) is 0 Å². The summed E-state index contributed by atoms with van der Waals surface area (Å²) in [6, 6.07) is 14.4. The topological polar surface area (TPSA) is 20.3 Å². The molecular formula is C18H15BrFNOS. The van der Waals surface area contributed by atoms with E-state index in [1.807, 2.05) is 29.2 Å².